The Hall–Kier alpha value is -3.12. The van der Waals surface area contributed by atoms with Gasteiger partial charge in [-0.2, -0.15) is 0 Å². The third kappa shape index (κ3) is 2.99. The van der Waals surface area contributed by atoms with Crippen LogP contribution in [0, 0.1) is 13.0 Å². The Balaban J connectivity index is 2.08. The van der Waals surface area contributed by atoms with Gasteiger partial charge in [0.1, 0.15) is 0 Å². The lowest BCUT2D eigenvalue weighted by Gasteiger charge is -2.18. The highest BCUT2D eigenvalue weighted by molar-refractivity contribution is 5.95. The molecule has 0 unspecified atom stereocenters. The van der Waals surface area contributed by atoms with Crippen LogP contribution in [0.3, 0.4) is 0 Å². The molecule has 1 radical (unpaired) electrons. The zero-order valence-electron chi connectivity index (χ0n) is 14.2. The van der Waals surface area contributed by atoms with Gasteiger partial charge in [0.25, 0.3) is 0 Å². The van der Waals surface area contributed by atoms with Crippen molar-refractivity contribution in [1.29, 1.82) is 0 Å². The van der Waals surface area contributed by atoms with Crippen LogP contribution in [-0.2, 0) is 0 Å². The summed E-state index contributed by atoms with van der Waals surface area (Å²) in [7, 11) is 0. The monoisotopic (exact) mass is 319 g/mol. The van der Waals surface area contributed by atoms with Crippen LogP contribution in [0.4, 0.5) is 0 Å². The second kappa shape index (κ2) is 6.78. The molecule has 0 amide bonds. The van der Waals surface area contributed by atoms with Gasteiger partial charge in [0.15, 0.2) is 0 Å². The Kier molecular flexibility index (Phi) is 4.18. The summed E-state index contributed by atoms with van der Waals surface area (Å²) < 4.78 is 0. The highest BCUT2D eigenvalue weighted by Gasteiger charge is 2.16. The minimum Gasteiger partial charge on any atom is -0.0622 e. The summed E-state index contributed by atoms with van der Waals surface area (Å²) in [6, 6.07) is 37.4. The maximum atomic E-state index is 3.53. The maximum absolute atomic E-state index is 3.53. The molecule has 0 saturated heterocycles. The largest absolute Gasteiger partial charge is 0.0622 e. The van der Waals surface area contributed by atoms with Gasteiger partial charge >= 0.3 is 0 Å². The summed E-state index contributed by atoms with van der Waals surface area (Å²) in [6.07, 6.45) is 0. The van der Waals surface area contributed by atoms with Gasteiger partial charge in [-0.25, -0.2) is 0 Å². The lowest BCUT2D eigenvalue weighted by molar-refractivity contribution is 1.44. The summed E-state index contributed by atoms with van der Waals surface area (Å²) in [4.78, 5) is 0. The highest BCUT2D eigenvalue weighted by atomic mass is 14.2. The molecule has 0 atom stereocenters. The van der Waals surface area contributed by atoms with Crippen LogP contribution >= 0.6 is 0 Å². The van der Waals surface area contributed by atoms with E-state index >= 15 is 0 Å². The Labute approximate surface area is 149 Å². The van der Waals surface area contributed by atoms with Gasteiger partial charge in [-0.05, 0) is 51.9 Å². The van der Waals surface area contributed by atoms with Gasteiger partial charge < -0.3 is 0 Å². The van der Waals surface area contributed by atoms with E-state index in [0.29, 0.717) is 0 Å². The van der Waals surface area contributed by atoms with E-state index in [4.69, 9.17) is 0 Å². The predicted octanol–water partition coefficient (Wildman–Crippen LogP) is 6.80. The van der Waals surface area contributed by atoms with Crippen molar-refractivity contribution < 1.29 is 0 Å². The molecule has 0 bridgehead atoms. The topological polar surface area (TPSA) is 0 Å². The zero-order chi connectivity index (χ0) is 17.1. The van der Waals surface area contributed by atoms with Crippen molar-refractivity contribution in [3.05, 3.63) is 109 Å². The zero-order valence-corrected chi connectivity index (χ0v) is 14.2. The van der Waals surface area contributed by atoms with E-state index in [0.717, 1.165) is 5.56 Å². The predicted molar refractivity (Wildman–Crippen MR) is 106 cm³/mol. The van der Waals surface area contributed by atoms with Crippen LogP contribution in [0.25, 0.3) is 33.4 Å². The molecule has 0 aliphatic heterocycles. The quantitative estimate of drug-likeness (QED) is 0.390. The van der Waals surface area contributed by atoms with Crippen molar-refractivity contribution in [1.82, 2.24) is 0 Å². The molecule has 119 valence electrons. The van der Waals surface area contributed by atoms with E-state index in [1.54, 1.807) is 0 Å². The molecule has 0 heteroatoms. The molecule has 25 heavy (non-hydrogen) atoms. The third-order valence-corrected chi connectivity index (χ3v) is 4.51. The second-order valence-electron chi connectivity index (χ2n) is 6.19. The van der Waals surface area contributed by atoms with E-state index in [9.17, 15) is 0 Å². The maximum Gasteiger partial charge on any atom is -0.00179 e. The first-order valence-corrected chi connectivity index (χ1v) is 8.56. The Morgan fingerprint density at radius 2 is 0.960 bits per heavy atom. The van der Waals surface area contributed by atoms with E-state index in [1.807, 2.05) is 0 Å². The molecule has 0 nitrogen and oxygen atoms in total. The third-order valence-electron chi connectivity index (χ3n) is 4.51. The summed E-state index contributed by atoms with van der Waals surface area (Å²) in [5.74, 6) is 0. The Bertz CT molecular complexity index is 968. The standard InChI is InChI=1S/C25H19/c1-19-17-18-23(20-11-5-2-6-12-20)25(22-15-9-4-10-16-22)24(19)21-13-7-3-8-14-21/h2-17H,1H3. The lowest BCUT2D eigenvalue weighted by Crippen LogP contribution is -1.93. The van der Waals surface area contributed by atoms with Crippen molar-refractivity contribution in [2.24, 2.45) is 0 Å². The minimum atomic E-state index is 1.15. The first-order chi connectivity index (χ1) is 12.3. The fourth-order valence-corrected chi connectivity index (χ4v) is 3.35. The van der Waals surface area contributed by atoms with Gasteiger partial charge in [0.2, 0.25) is 0 Å². The molecule has 0 aliphatic rings. The summed E-state index contributed by atoms with van der Waals surface area (Å²) in [6.45, 7) is 2.17. The second-order valence-corrected chi connectivity index (χ2v) is 6.19. The van der Waals surface area contributed by atoms with Gasteiger partial charge in [0.05, 0.1) is 0 Å². The fourth-order valence-electron chi connectivity index (χ4n) is 3.35. The Morgan fingerprint density at radius 1 is 0.520 bits per heavy atom. The fraction of sp³-hybridized carbons (Fsp3) is 0.0400. The summed E-state index contributed by atoms with van der Waals surface area (Å²) >= 11 is 0. The van der Waals surface area contributed by atoms with Crippen molar-refractivity contribution in [3.63, 3.8) is 0 Å². The molecule has 0 aliphatic carbocycles. The van der Waals surface area contributed by atoms with Gasteiger partial charge in [0, 0.05) is 0 Å². The SMILES string of the molecule is Cc1c[c]c(-c2ccccc2)c(-c2ccccc2)c1-c1ccccc1. The van der Waals surface area contributed by atoms with Crippen molar-refractivity contribution >= 4 is 0 Å². The molecule has 4 aromatic carbocycles. The van der Waals surface area contributed by atoms with Crippen LogP contribution in [0.1, 0.15) is 5.56 Å². The van der Waals surface area contributed by atoms with Gasteiger partial charge in [-0.1, -0.05) is 97.1 Å². The van der Waals surface area contributed by atoms with Crippen LogP contribution in [0.5, 0.6) is 0 Å². The number of rotatable bonds is 3. The number of aryl methyl sites for hydroxylation is 1. The average Bonchev–Trinajstić information content (AvgIpc) is 2.70. The number of benzene rings is 4. The Morgan fingerprint density at radius 3 is 1.48 bits per heavy atom. The number of hydrogen-bond acceptors (Lipinski definition) is 0. The average molecular weight is 319 g/mol. The minimum absolute atomic E-state index is 1.15. The van der Waals surface area contributed by atoms with Crippen LogP contribution in [0.2, 0.25) is 0 Å². The first kappa shape index (κ1) is 15.4. The van der Waals surface area contributed by atoms with Crippen LogP contribution < -0.4 is 0 Å². The molecule has 0 fully saturated rings. The molecule has 0 N–H and O–H groups in total. The van der Waals surface area contributed by atoms with E-state index in [1.165, 1.54) is 33.4 Å². The van der Waals surface area contributed by atoms with Crippen LogP contribution in [-0.4, -0.2) is 0 Å². The molecule has 0 aromatic heterocycles. The van der Waals surface area contributed by atoms with E-state index in [2.05, 4.69) is 110 Å². The molecular weight excluding hydrogens is 300 g/mol. The van der Waals surface area contributed by atoms with E-state index in [-0.39, 0.29) is 0 Å². The van der Waals surface area contributed by atoms with Crippen LogP contribution in [0.15, 0.2) is 97.1 Å². The normalized spacial score (nSPS) is 10.6. The number of hydrogen-bond donors (Lipinski definition) is 0. The van der Waals surface area contributed by atoms with Crippen molar-refractivity contribution in [2.75, 3.05) is 0 Å². The molecule has 0 spiro atoms. The van der Waals surface area contributed by atoms with Gasteiger partial charge in [-0.3, -0.25) is 0 Å². The van der Waals surface area contributed by atoms with Gasteiger partial charge in [-0.15, -0.1) is 0 Å². The molecule has 4 aromatic rings. The van der Waals surface area contributed by atoms with Crippen molar-refractivity contribution in [3.8, 4) is 33.4 Å². The first-order valence-electron chi connectivity index (χ1n) is 8.56. The lowest BCUT2D eigenvalue weighted by atomic mass is 9.85. The van der Waals surface area contributed by atoms with Crippen molar-refractivity contribution in [2.45, 2.75) is 6.92 Å². The summed E-state index contributed by atoms with van der Waals surface area (Å²) in [5.41, 5.74) is 8.58. The van der Waals surface area contributed by atoms with E-state index < -0.39 is 0 Å². The highest BCUT2D eigenvalue weighted by Crippen LogP contribution is 2.41. The molecule has 4 rings (SSSR count). The molecular formula is C25H19. The smallest absolute Gasteiger partial charge is 0.00179 e. The summed E-state index contributed by atoms with van der Waals surface area (Å²) in [5, 5.41) is 0. The molecule has 0 saturated carbocycles. The molecule has 0 heterocycles.